The smallest absolute Gasteiger partial charge is 0.261 e. The van der Waals surface area contributed by atoms with Crippen LogP contribution in [0.15, 0.2) is 44.2 Å². The summed E-state index contributed by atoms with van der Waals surface area (Å²) in [7, 11) is 0. The van der Waals surface area contributed by atoms with Gasteiger partial charge in [0.05, 0.1) is 5.52 Å². The highest BCUT2D eigenvalue weighted by atomic mass is 79.9. The van der Waals surface area contributed by atoms with Crippen LogP contribution in [0.25, 0.3) is 10.9 Å². The van der Waals surface area contributed by atoms with Crippen molar-refractivity contribution < 1.29 is 4.79 Å². The van der Waals surface area contributed by atoms with Gasteiger partial charge in [0.15, 0.2) is 0 Å². The van der Waals surface area contributed by atoms with Gasteiger partial charge in [-0.05, 0) is 67.1 Å². The van der Waals surface area contributed by atoms with Crippen molar-refractivity contribution in [2.75, 3.05) is 5.32 Å². The van der Waals surface area contributed by atoms with Crippen molar-refractivity contribution in [3.8, 4) is 0 Å². The molecule has 1 aliphatic rings. The van der Waals surface area contributed by atoms with Crippen LogP contribution in [0, 0.1) is 0 Å². The van der Waals surface area contributed by atoms with Gasteiger partial charge in [0.2, 0.25) is 5.43 Å². The summed E-state index contributed by atoms with van der Waals surface area (Å²) in [4.78, 5) is 26.4. The van der Waals surface area contributed by atoms with Crippen LogP contribution in [0.1, 0.15) is 53.9 Å². The van der Waals surface area contributed by atoms with Crippen LogP contribution in [0.2, 0.25) is 0 Å². The van der Waals surface area contributed by atoms with E-state index in [1.165, 1.54) is 0 Å². The van der Waals surface area contributed by atoms with Crippen molar-refractivity contribution in [2.45, 2.75) is 46.1 Å². The third kappa shape index (κ3) is 3.46. The Balaban J connectivity index is 1.85. The number of halogens is 2. The minimum absolute atomic E-state index is 0.183. The molecule has 0 spiro atoms. The minimum Gasteiger partial charge on any atom is -0.343 e. The lowest BCUT2D eigenvalue weighted by atomic mass is 10.0. The highest BCUT2D eigenvalue weighted by Gasteiger charge is 2.25. The largest absolute Gasteiger partial charge is 0.343 e. The Morgan fingerprint density at radius 3 is 2.34 bits per heavy atom. The molecule has 1 aromatic heterocycles. The van der Waals surface area contributed by atoms with Gasteiger partial charge < -0.3 is 9.88 Å². The molecule has 1 aliphatic heterocycles. The van der Waals surface area contributed by atoms with Gasteiger partial charge in [-0.3, -0.25) is 9.59 Å². The summed E-state index contributed by atoms with van der Waals surface area (Å²) in [5, 5.41) is 3.63. The Bertz CT molecular complexity index is 1190. The Morgan fingerprint density at radius 1 is 1.10 bits per heavy atom. The highest BCUT2D eigenvalue weighted by Crippen LogP contribution is 2.34. The Kier molecular flexibility index (Phi) is 5.42. The third-order valence-corrected chi connectivity index (χ3v) is 6.59. The summed E-state index contributed by atoms with van der Waals surface area (Å²) in [6.45, 7) is 6.23. The number of benzene rings is 2. The number of nitrogens with zero attached hydrogens (tertiary/aromatic N) is 1. The lowest BCUT2D eigenvalue weighted by molar-refractivity contribution is 0.102. The molecular weight excluding hydrogens is 496 g/mol. The van der Waals surface area contributed by atoms with E-state index in [-0.39, 0.29) is 22.9 Å². The molecule has 0 unspecified atom stereocenters. The minimum atomic E-state index is -0.354. The number of amides is 1. The fourth-order valence-electron chi connectivity index (χ4n) is 4.25. The maximum Gasteiger partial charge on any atom is 0.261 e. The third-order valence-electron chi connectivity index (χ3n) is 5.67. The van der Waals surface area contributed by atoms with Gasteiger partial charge in [0.1, 0.15) is 5.56 Å². The summed E-state index contributed by atoms with van der Waals surface area (Å²) < 4.78 is 3.93. The second-order valence-corrected chi connectivity index (χ2v) is 9.39. The van der Waals surface area contributed by atoms with E-state index >= 15 is 0 Å². The molecule has 3 aromatic rings. The average Bonchev–Trinajstić information content (AvgIpc) is 3.00. The van der Waals surface area contributed by atoms with Gasteiger partial charge in [-0.2, -0.15) is 0 Å². The topological polar surface area (TPSA) is 51.1 Å². The Labute approximate surface area is 186 Å². The first-order valence-corrected chi connectivity index (χ1v) is 11.4. The molecule has 0 saturated carbocycles. The zero-order valence-corrected chi connectivity index (χ0v) is 19.8. The average molecular weight is 518 g/mol. The van der Waals surface area contributed by atoms with Crippen molar-refractivity contribution in [3.63, 3.8) is 0 Å². The summed E-state index contributed by atoms with van der Waals surface area (Å²) in [5.74, 6) is -0.354. The molecule has 2 heterocycles. The van der Waals surface area contributed by atoms with E-state index in [9.17, 15) is 9.59 Å². The number of carbonyl (C=O) groups is 1. The number of hydrogen-bond donors (Lipinski definition) is 1. The molecule has 0 fully saturated rings. The number of rotatable bonds is 4. The zero-order chi connectivity index (χ0) is 20.9. The lowest BCUT2D eigenvalue weighted by Gasteiger charge is -2.17. The van der Waals surface area contributed by atoms with E-state index in [0.29, 0.717) is 5.39 Å². The van der Waals surface area contributed by atoms with Crippen molar-refractivity contribution in [3.05, 3.63) is 71.9 Å². The molecule has 0 saturated heterocycles. The predicted molar refractivity (Wildman–Crippen MR) is 125 cm³/mol. The van der Waals surface area contributed by atoms with Gasteiger partial charge in [0.25, 0.3) is 5.91 Å². The van der Waals surface area contributed by atoms with Crippen LogP contribution in [0.3, 0.4) is 0 Å². The van der Waals surface area contributed by atoms with Crippen LogP contribution < -0.4 is 10.7 Å². The maximum atomic E-state index is 13.2. The Morgan fingerprint density at radius 2 is 1.72 bits per heavy atom. The second-order valence-electron chi connectivity index (χ2n) is 7.55. The number of aromatic nitrogens is 1. The molecule has 1 atom stereocenters. The number of aryl methyl sites for hydroxylation is 2. The number of hydrogen-bond acceptors (Lipinski definition) is 2. The summed E-state index contributed by atoms with van der Waals surface area (Å²) in [6.07, 6.45) is 4.16. The summed E-state index contributed by atoms with van der Waals surface area (Å²) in [6, 6.07) is 8.13. The van der Waals surface area contributed by atoms with Crippen molar-refractivity contribution >= 4 is 54.4 Å². The lowest BCUT2D eigenvalue weighted by Crippen LogP contribution is -2.24. The molecule has 2 aromatic carbocycles. The molecule has 1 amide bonds. The molecule has 150 valence electrons. The molecule has 0 bridgehead atoms. The van der Waals surface area contributed by atoms with Crippen LogP contribution in [0.5, 0.6) is 0 Å². The van der Waals surface area contributed by atoms with Crippen LogP contribution in [-0.4, -0.2) is 10.5 Å². The van der Waals surface area contributed by atoms with Gasteiger partial charge >= 0.3 is 0 Å². The first kappa shape index (κ1) is 20.4. The van der Waals surface area contributed by atoms with Gasteiger partial charge in [-0.1, -0.05) is 45.7 Å². The summed E-state index contributed by atoms with van der Waals surface area (Å²) in [5.41, 5.74) is 4.95. The van der Waals surface area contributed by atoms with Crippen molar-refractivity contribution in [1.82, 2.24) is 4.57 Å². The maximum absolute atomic E-state index is 13.2. The molecule has 1 N–H and O–H groups in total. The predicted octanol–water partition coefficient (Wildman–Crippen LogP) is 6.02. The van der Waals surface area contributed by atoms with Gasteiger partial charge in [-0.15, -0.1) is 0 Å². The van der Waals surface area contributed by atoms with E-state index in [0.717, 1.165) is 56.1 Å². The number of carbonyl (C=O) groups excluding carboxylic acids is 1. The molecule has 4 rings (SSSR count). The van der Waals surface area contributed by atoms with Gasteiger partial charge in [-0.25, -0.2) is 0 Å². The monoisotopic (exact) mass is 516 g/mol. The Hall–Kier alpha value is -1.92. The molecule has 29 heavy (non-hydrogen) atoms. The highest BCUT2D eigenvalue weighted by molar-refractivity contribution is 9.10. The first-order chi connectivity index (χ1) is 13.8. The number of nitrogens with one attached hydrogen (secondary N) is 1. The number of pyridine rings is 1. The van der Waals surface area contributed by atoms with Crippen LogP contribution >= 0.6 is 31.9 Å². The first-order valence-electron chi connectivity index (χ1n) is 9.83. The molecule has 4 nitrogen and oxygen atoms in total. The van der Waals surface area contributed by atoms with E-state index < -0.39 is 0 Å². The fraction of sp³-hybridized carbons (Fsp3) is 0.304. The van der Waals surface area contributed by atoms with E-state index in [2.05, 4.69) is 68.6 Å². The number of anilines is 1. The summed E-state index contributed by atoms with van der Waals surface area (Å²) >= 11 is 7.05. The van der Waals surface area contributed by atoms with Crippen molar-refractivity contribution in [1.29, 1.82) is 0 Å². The normalized spacial score (nSPS) is 15.1. The van der Waals surface area contributed by atoms with E-state index in [1.54, 1.807) is 6.20 Å². The molecular formula is C23H22Br2N2O2. The van der Waals surface area contributed by atoms with Crippen molar-refractivity contribution in [2.24, 2.45) is 0 Å². The fourth-order valence-corrected chi connectivity index (χ4v) is 5.30. The van der Waals surface area contributed by atoms with E-state index in [1.807, 2.05) is 18.2 Å². The van der Waals surface area contributed by atoms with Gasteiger partial charge in [0, 0.05) is 32.3 Å². The standard InChI is InChI=1S/C23H22Br2N2O2/c1-4-13-7-16(24)8-14(5-2)20(13)26-23(29)19-11-27-12(3)6-15-9-17(25)10-18(21(15)27)22(19)28/h7-12H,4-6H2,1-3H3,(H,26,29)/t12-/m1/s1. The molecule has 0 radical (unpaired) electrons. The van der Waals surface area contributed by atoms with Crippen LogP contribution in [-0.2, 0) is 19.3 Å². The zero-order valence-electron chi connectivity index (χ0n) is 16.6. The quantitative estimate of drug-likeness (QED) is 0.460. The molecule has 6 heteroatoms. The second kappa shape index (κ2) is 7.73. The van der Waals surface area contributed by atoms with Crippen LogP contribution in [0.4, 0.5) is 5.69 Å². The SMILES string of the molecule is CCc1cc(Br)cc(CC)c1NC(=O)c1cn2c3c(cc(Br)cc3c1=O)C[C@H]2C. The molecule has 0 aliphatic carbocycles. The van der Waals surface area contributed by atoms with E-state index in [4.69, 9.17) is 0 Å².